The highest BCUT2D eigenvalue weighted by molar-refractivity contribution is 5.80. The molecule has 1 aliphatic rings. The average molecular weight is 889 g/mol. The van der Waals surface area contributed by atoms with E-state index in [9.17, 15) is 0 Å². The Balaban J connectivity index is 3.01. The van der Waals surface area contributed by atoms with Crippen molar-refractivity contribution in [2.24, 2.45) is 43.3 Å². The Kier molecular flexibility index (Phi) is 16.8. The smallest absolute Gasteiger partial charge is 0.0595 e. The van der Waals surface area contributed by atoms with Crippen LogP contribution in [-0.2, 0) is 0 Å². The highest BCUT2D eigenvalue weighted by Crippen LogP contribution is 2.32. The zero-order valence-corrected chi connectivity index (χ0v) is 46.0. The maximum absolute atomic E-state index is 3.54. The minimum absolute atomic E-state index is 0.325. The van der Waals surface area contributed by atoms with Gasteiger partial charge in [0.05, 0.1) is 66.8 Å². The summed E-state index contributed by atoms with van der Waals surface area (Å²) >= 11 is 0. The molecule has 0 saturated carbocycles. The van der Waals surface area contributed by atoms with Gasteiger partial charge >= 0.3 is 0 Å². The maximum atomic E-state index is 3.54. The van der Waals surface area contributed by atoms with Crippen LogP contribution < -0.4 is 0 Å². The van der Waals surface area contributed by atoms with Crippen LogP contribution in [0, 0.1) is 185 Å². The first kappa shape index (κ1) is 55.5. The summed E-state index contributed by atoms with van der Waals surface area (Å²) in [6, 6.07) is 0. The molecular weight excluding hydrogens is 817 g/mol. The Bertz CT molecular complexity index is 2750. The van der Waals surface area contributed by atoms with E-state index in [1.807, 2.05) is 0 Å². The number of fused-ring (bicyclic) bond motifs is 2. The van der Waals surface area contributed by atoms with Crippen LogP contribution in [0.25, 0.3) is 0 Å². The second-order valence-electron chi connectivity index (χ2n) is 25.5. The molecule has 0 heteroatoms. The Morgan fingerprint density at radius 3 is 0.426 bits per heavy atom. The maximum Gasteiger partial charge on any atom is 0.0595 e. The molecule has 0 aliphatic heterocycles. The summed E-state index contributed by atoms with van der Waals surface area (Å²) in [5.41, 5.74) is 4.89. The SMILES string of the molecule is CC(C)(C)C#Cc1c2c(c(C#CC(C)(C)C)c(C#CC(C)(C)C)c1C#CC(C)(C)C)C#CC#Cc1c(c(C#CC(C)(C)C)c(C#CC(C)(C)C)c(C#CC(C)(C)C)c1C#CC(C)(C)C)C#CC#C2. The van der Waals surface area contributed by atoms with E-state index in [1.54, 1.807) is 0 Å². The molecule has 0 aromatic heterocycles. The molecular formula is C68H72. The first-order chi connectivity index (χ1) is 30.7. The summed E-state index contributed by atoms with van der Waals surface area (Å²) in [7, 11) is 0. The van der Waals surface area contributed by atoms with Crippen LogP contribution in [-0.4, -0.2) is 0 Å². The van der Waals surface area contributed by atoms with Crippen LogP contribution >= 0.6 is 0 Å². The fraction of sp³-hybridized carbons (Fsp3) is 0.471. The van der Waals surface area contributed by atoms with Crippen molar-refractivity contribution in [2.45, 2.75) is 166 Å². The number of hydrogen-bond donors (Lipinski definition) is 0. The van der Waals surface area contributed by atoms with E-state index in [-0.39, 0.29) is 43.3 Å². The summed E-state index contributed by atoms with van der Waals surface area (Å²) in [4.78, 5) is 0. The molecule has 3 rings (SSSR count). The minimum atomic E-state index is -0.342. The zero-order chi connectivity index (χ0) is 51.9. The van der Waals surface area contributed by atoms with Gasteiger partial charge in [0.25, 0.3) is 0 Å². The molecule has 0 N–H and O–H groups in total. The van der Waals surface area contributed by atoms with Gasteiger partial charge in [-0.05, 0) is 190 Å². The third-order valence-electron chi connectivity index (χ3n) is 8.38. The van der Waals surface area contributed by atoms with Crippen molar-refractivity contribution in [2.75, 3.05) is 0 Å². The Hall–Kier alpha value is -6.84. The second-order valence-corrected chi connectivity index (χ2v) is 25.5. The van der Waals surface area contributed by atoms with Crippen molar-refractivity contribution in [1.29, 1.82) is 0 Å². The van der Waals surface area contributed by atoms with Crippen LogP contribution in [0.5, 0.6) is 0 Å². The minimum Gasteiger partial charge on any atom is -0.0919 e. The van der Waals surface area contributed by atoms with Crippen LogP contribution in [0.1, 0.15) is 233 Å². The van der Waals surface area contributed by atoms with E-state index >= 15 is 0 Å². The summed E-state index contributed by atoms with van der Waals surface area (Å²) in [5, 5.41) is 0. The lowest BCUT2D eigenvalue weighted by Crippen LogP contribution is -2.09. The summed E-state index contributed by atoms with van der Waals surface area (Å²) in [6.45, 7) is 50.1. The Morgan fingerprint density at radius 1 is 0.191 bits per heavy atom. The van der Waals surface area contributed by atoms with E-state index in [2.05, 4.69) is 308 Å². The highest BCUT2D eigenvalue weighted by Gasteiger charge is 2.24. The highest BCUT2D eigenvalue weighted by atomic mass is 14.2. The second kappa shape index (κ2) is 20.6. The lowest BCUT2D eigenvalue weighted by Gasteiger charge is -2.16. The normalized spacial score (nSPS) is 11.8. The van der Waals surface area contributed by atoms with E-state index in [4.69, 9.17) is 0 Å². The largest absolute Gasteiger partial charge is 0.0919 e. The van der Waals surface area contributed by atoms with Gasteiger partial charge in [-0.15, -0.1) is 0 Å². The first-order valence-corrected chi connectivity index (χ1v) is 23.5. The average Bonchev–Trinajstić information content (AvgIpc) is 3.12. The van der Waals surface area contributed by atoms with Crippen molar-refractivity contribution in [3.63, 3.8) is 0 Å². The summed E-state index contributed by atoms with van der Waals surface area (Å²) < 4.78 is 0. The predicted octanol–water partition coefficient (Wildman–Crippen LogP) is 14.0. The van der Waals surface area contributed by atoms with Crippen molar-refractivity contribution in [3.8, 4) is 142 Å². The standard InChI is InChI=1S/C68H72/c1-61(2,3)41-33-53-49-29-25-26-31-51-52(32-28-27-30-50(49)54(34-42-62(4,5)6)58(38-46-66(16,17)18)57(53)37-45-65(13,14)15)56(36-44-64(10,11)12)60(40-48-68(22,23)24)59(39-47-67(19,20)21)55(51)35-43-63(7,8)9/h1-24H3. The molecule has 0 fully saturated rings. The molecule has 68 heavy (non-hydrogen) atoms. The van der Waals surface area contributed by atoms with Crippen LogP contribution in [0.2, 0.25) is 0 Å². The van der Waals surface area contributed by atoms with Gasteiger partial charge in [0, 0.05) is 43.3 Å². The van der Waals surface area contributed by atoms with Gasteiger partial charge in [-0.2, -0.15) is 0 Å². The van der Waals surface area contributed by atoms with Gasteiger partial charge in [0.15, 0.2) is 0 Å². The van der Waals surface area contributed by atoms with Gasteiger partial charge in [-0.25, -0.2) is 0 Å². The van der Waals surface area contributed by atoms with E-state index in [0.29, 0.717) is 66.8 Å². The van der Waals surface area contributed by atoms with Gasteiger partial charge < -0.3 is 0 Å². The number of rotatable bonds is 0. The summed E-state index contributed by atoms with van der Waals surface area (Å²) in [6.07, 6.45) is 0. The lowest BCUT2D eigenvalue weighted by atomic mass is 9.84. The van der Waals surface area contributed by atoms with Crippen molar-refractivity contribution in [1.82, 2.24) is 0 Å². The Morgan fingerprint density at radius 2 is 0.309 bits per heavy atom. The number of benzene rings is 2. The molecule has 1 aliphatic carbocycles. The molecule has 344 valence electrons. The molecule has 0 unspecified atom stereocenters. The molecule has 0 spiro atoms. The molecule has 0 radical (unpaired) electrons. The molecule has 0 amide bonds. The van der Waals surface area contributed by atoms with E-state index < -0.39 is 0 Å². The monoisotopic (exact) mass is 889 g/mol. The van der Waals surface area contributed by atoms with Gasteiger partial charge in [-0.1, -0.05) is 118 Å². The predicted molar refractivity (Wildman–Crippen MR) is 291 cm³/mol. The van der Waals surface area contributed by atoms with Gasteiger partial charge in [-0.3, -0.25) is 0 Å². The lowest BCUT2D eigenvalue weighted by molar-refractivity contribution is 0.570. The van der Waals surface area contributed by atoms with Crippen LogP contribution in [0.4, 0.5) is 0 Å². The topological polar surface area (TPSA) is 0 Å². The van der Waals surface area contributed by atoms with Crippen molar-refractivity contribution in [3.05, 3.63) is 66.8 Å². The van der Waals surface area contributed by atoms with E-state index in [1.165, 1.54) is 0 Å². The van der Waals surface area contributed by atoms with Crippen molar-refractivity contribution >= 4 is 0 Å². The van der Waals surface area contributed by atoms with Crippen molar-refractivity contribution < 1.29 is 0 Å². The van der Waals surface area contributed by atoms with E-state index in [0.717, 1.165) is 0 Å². The Labute approximate surface area is 416 Å². The first-order valence-electron chi connectivity index (χ1n) is 23.5. The van der Waals surface area contributed by atoms with Crippen LogP contribution in [0.15, 0.2) is 0 Å². The third kappa shape index (κ3) is 18.8. The molecule has 2 aromatic carbocycles. The molecule has 0 bridgehead atoms. The fourth-order valence-electron chi connectivity index (χ4n) is 5.38. The fourth-order valence-corrected chi connectivity index (χ4v) is 5.38. The molecule has 0 atom stereocenters. The van der Waals surface area contributed by atoms with Crippen LogP contribution in [0.3, 0.4) is 0 Å². The summed E-state index contributed by atoms with van der Waals surface area (Å²) in [5.74, 6) is 83.0. The zero-order valence-electron chi connectivity index (χ0n) is 46.0. The molecule has 2 aromatic rings. The number of hydrogen-bond acceptors (Lipinski definition) is 0. The molecule has 0 heterocycles. The quantitative estimate of drug-likeness (QED) is 0.231. The molecule has 0 nitrogen and oxygen atoms in total. The molecule has 0 saturated heterocycles. The van der Waals surface area contributed by atoms with Gasteiger partial charge in [0.2, 0.25) is 0 Å². The van der Waals surface area contributed by atoms with Gasteiger partial charge in [0.1, 0.15) is 0 Å². The third-order valence-corrected chi connectivity index (χ3v) is 8.38.